The summed E-state index contributed by atoms with van der Waals surface area (Å²) in [6, 6.07) is 12.3. The van der Waals surface area contributed by atoms with Gasteiger partial charge in [-0.25, -0.2) is 0 Å². The molecule has 2 N–H and O–H groups in total. The molecule has 2 aromatic carbocycles. The van der Waals surface area contributed by atoms with Gasteiger partial charge in [0.25, 0.3) is 5.91 Å². The first kappa shape index (κ1) is 21.5. The van der Waals surface area contributed by atoms with E-state index in [1.165, 1.54) is 0 Å². The van der Waals surface area contributed by atoms with Crippen molar-refractivity contribution in [2.45, 2.75) is 26.2 Å². The maximum Gasteiger partial charge on any atom is 0.257 e. The fraction of sp³-hybridized carbons (Fsp3) is 0.333. The van der Waals surface area contributed by atoms with Crippen LogP contribution in [0.5, 0.6) is 17.2 Å². The van der Waals surface area contributed by atoms with Crippen LogP contribution in [0.3, 0.4) is 0 Å². The van der Waals surface area contributed by atoms with Crippen molar-refractivity contribution in [3.63, 3.8) is 0 Å². The molecule has 0 spiro atoms. The predicted octanol–water partition coefficient (Wildman–Crippen LogP) is 4.40. The number of unbranched alkanes of at least 4 members (excludes halogenated alkanes) is 2. The van der Waals surface area contributed by atoms with Crippen LogP contribution in [-0.2, 0) is 0 Å². The summed E-state index contributed by atoms with van der Waals surface area (Å²) in [5, 5.41) is 5.81. The number of rotatable bonds is 9. The zero-order chi connectivity index (χ0) is 20.4. The molecule has 0 atom stereocenters. The van der Waals surface area contributed by atoms with E-state index in [1.54, 1.807) is 56.7 Å². The van der Waals surface area contributed by atoms with Crippen molar-refractivity contribution in [3.05, 3.63) is 48.0 Å². The SMILES string of the molecule is CCCCCOc1ccc(C(=O)NC(=S)Nc2ccc(OC)c(OC)c2)cc1. The second-order valence-electron chi connectivity index (χ2n) is 6.06. The minimum absolute atomic E-state index is 0.192. The molecule has 2 aromatic rings. The van der Waals surface area contributed by atoms with Crippen LogP contribution in [0.15, 0.2) is 42.5 Å². The van der Waals surface area contributed by atoms with Crippen LogP contribution in [-0.4, -0.2) is 31.8 Å². The number of hydrogen-bond acceptors (Lipinski definition) is 5. The standard InChI is InChI=1S/C21H26N2O4S/c1-4-5-6-13-27-17-10-7-15(8-11-17)20(24)23-21(28)22-16-9-12-18(25-2)19(14-16)26-3/h7-12,14H,4-6,13H2,1-3H3,(H2,22,23,24,28). The van der Waals surface area contributed by atoms with Gasteiger partial charge < -0.3 is 19.5 Å². The fourth-order valence-electron chi connectivity index (χ4n) is 2.50. The van der Waals surface area contributed by atoms with Crippen LogP contribution in [0.4, 0.5) is 5.69 Å². The summed E-state index contributed by atoms with van der Waals surface area (Å²) >= 11 is 5.22. The first-order valence-corrected chi connectivity index (χ1v) is 9.55. The van der Waals surface area contributed by atoms with Crippen molar-refractivity contribution in [3.8, 4) is 17.2 Å². The largest absolute Gasteiger partial charge is 0.494 e. The van der Waals surface area contributed by atoms with E-state index in [0.717, 1.165) is 25.0 Å². The van der Waals surface area contributed by atoms with E-state index >= 15 is 0 Å². The molecule has 7 heteroatoms. The summed E-state index contributed by atoms with van der Waals surface area (Å²) in [5.41, 5.74) is 1.18. The zero-order valence-electron chi connectivity index (χ0n) is 16.4. The number of ether oxygens (including phenoxy) is 3. The van der Waals surface area contributed by atoms with E-state index < -0.39 is 0 Å². The summed E-state index contributed by atoms with van der Waals surface area (Å²) in [6.45, 7) is 2.83. The first-order valence-electron chi connectivity index (χ1n) is 9.14. The Kier molecular flexibility index (Phi) is 8.55. The predicted molar refractivity (Wildman–Crippen MR) is 115 cm³/mol. The van der Waals surface area contributed by atoms with Crippen LogP contribution < -0.4 is 24.8 Å². The Bertz CT molecular complexity index is 793. The van der Waals surface area contributed by atoms with Gasteiger partial charge in [-0.3, -0.25) is 10.1 Å². The summed E-state index contributed by atoms with van der Waals surface area (Å²) < 4.78 is 16.1. The van der Waals surface area contributed by atoms with Crippen LogP contribution in [0.1, 0.15) is 36.5 Å². The first-order chi connectivity index (χ1) is 13.6. The second-order valence-corrected chi connectivity index (χ2v) is 6.47. The average molecular weight is 403 g/mol. The molecule has 0 aliphatic rings. The molecule has 0 unspecified atom stereocenters. The number of amides is 1. The Morgan fingerprint density at radius 3 is 2.36 bits per heavy atom. The summed E-state index contributed by atoms with van der Waals surface area (Å²) in [6.07, 6.45) is 3.32. The number of anilines is 1. The lowest BCUT2D eigenvalue weighted by molar-refractivity contribution is 0.0977. The van der Waals surface area contributed by atoms with Gasteiger partial charge in [0.1, 0.15) is 5.75 Å². The van der Waals surface area contributed by atoms with Gasteiger partial charge in [0.2, 0.25) is 0 Å². The molecule has 28 heavy (non-hydrogen) atoms. The number of nitrogens with one attached hydrogen (secondary N) is 2. The third kappa shape index (κ3) is 6.42. The lowest BCUT2D eigenvalue weighted by Crippen LogP contribution is -2.34. The topological polar surface area (TPSA) is 68.8 Å². The molecule has 0 aromatic heterocycles. The molecule has 0 saturated heterocycles. The maximum atomic E-state index is 12.4. The molecule has 0 aliphatic carbocycles. The van der Waals surface area contributed by atoms with Crippen molar-refractivity contribution < 1.29 is 19.0 Å². The zero-order valence-corrected chi connectivity index (χ0v) is 17.2. The Labute approximate surface area is 171 Å². The Morgan fingerprint density at radius 1 is 1.00 bits per heavy atom. The van der Waals surface area contributed by atoms with Gasteiger partial charge in [0.05, 0.1) is 20.8 Å². The number of methoxy groups -OCH3 is 2. The van der Waals surface area contributed by atoms with E-state index in [9.17, 15) is 4.79 Å². The van der Waals surface area contributed by atoms with Gasteiger partial charge in [0, 0.05) is 17.3 Å². The third-order valence-electron chi connectivity index (χ3n) is 4.00. The molecule has 150 valence electrons. The van der Waals surface area contributed by atoms with Gasteiger partial charge >= 0.3 is 0 Å². The normalized spacial score (nSPS) is 10.1. The molecule has 0 radical (unpaired) electrons. The summed E-state index contributed by atoms with van der Waals surface area (Å²) in [7, 11) is 3.12. The minimum atomic E-state index is -0.296. The van der Waals surface area contributed by atoms with Crippen molar-refractivity contribution in [2.24, 2.45) is 0 Å². The molecular weight excluding hydrogens is 376 g/mol. The highest BCUT2D eigenvalue weighted by atomic mass is 32.1. The lowest BCUT2D eigenvalue weighted by atomic mass is 10.2. The summed E-state index contributed by atoms with van der Waals surface area (Å²) in [4.78, 5) is 12.4. The number of thiocarbonyl (C=S) groups is 1. The number of hydrogen-bond donors (Lipinski definition) is 2. The minimum Gasteiger partial charge on any atom is -0.494 e. The lowest BCUT2D eigenvalue weighted by Gasteiger charge is -2.13. The maximum absolute atomic E-state index is 12.4. The van der Waals surface area contributed by atoms with Gasteiger partial charge in [-0.15, -0.1) is 0 Å². The molecule has 1 amide bonds. The van der Waals surface area contributed by atoms with Gasteiger partial charge in [0.15, 0.2) is 16.6 Å². The third-order valence-corrected chi connectivity index (χ3v) is 4.21. The van der Waals surface area contributed by atoms with E-state index in [0.29, 0.717) is 29.4 Å². The Morgan fingerprint density at radius 2 is 1.71 bits per heavy atom. The van der Waals surface area contributed by atoms with Gasteiger partial charge in [-0.1, -0.05) is 19.8 Å². The highest BCUT2D eigenvalue weighted by Crippen LogP contribution is 2.29. The van der Waals surface area contributed by atoms with Crippen molar-refractivity contribution in [2.75, 3.05) is 26.1 Å². The highest BCUT2D eigenvalue weighted by Gasteiger charge is 2.10. The van der Waals surface area contributed by atoms with Crippen LogP contribution in [0.2, 0.25) is 0 Å². The molecule has 0 saturated carbocycles. The molecule has 6 nitrogen and oxygen atoms in total. The van der Waals surface area contributed by atoms with E-state index in [1.807, 2.05) is 0 Å². The molecule has 0 fully saturated rings. The van der Waals surface area contributed by atoms with Crippen LogP contribution in [0.25, 0.3) is 0 Å². The number of benzene rings is 2. The van der Waals surface area contributed by atoms with Crippen molar-refractivity contribution in [1.29, 1.82) is 0 Å². The quantitative estimate of drug-likeness (QED) is 0.479. The fourth-order valence-corrected chi connectivity index (χ4v) is 2.71. The molecule has 2 rings (SSSR count). The van der Waals surface area contributed by atoms with Crippen LogP contribution in [0, 0.1) is 0 Å². The molecule has 0 aliphatic heterocycles. The Hall–Kier alpha value is -2.80. The number of carbonyl (C=O) groups is 1. The Balaban J connectivity index is 1.89. The smallest absolute Gasteiger partial charge is 0.257 e. The summed E-state index contributed by atoms with van der Waals surface area (Å²) in [5.74, 6) is 1.63. The van der Waals surface area contributed by atoms with Gasteiger partial charge in [-0.2, -0.15) is 0 Å². The van der Waals surface area contributed by atoms with Crippen LogP contribution >= 0.6 is 12.2 Å². The van der Waals surface area contributed by atoms with E-state index in [4.69, 9.17) is 26.4 Å². The van der Waals surface area contributed by atoms with Crippen molar-refractivity contribution >= 4 is 28.9 Å². The van der Waals surface area contributed by atoms with E-state index in [2.05, 4.69) is 17.6 Å². The van der Waals surface area contributed by atoms with E-state index in [-0.39, 0.29) is 11.0 Å². The van der Waals surface area contributed by atoms with Crippen molar-refractivity contribution in [1.82, 2.24) is 5.32 Å². The molecular formula is C21H26N2O4S. The molecule has 0 bridgehead atoms. The molecule has 0 heterocycles. The van der Waals surface area contributed by atoms with Gasteiger partial charge in [-0.05, 0) is 55.0 Å². The monoisotopic (exact) mass is 402 g/mol. The number of carbonyl (C=O) groups excluding carboxylic acids is 1. The highest BCUT2D eigenvalue weighted by molar-refractivity contribution is 7.80. The second kappa shape index (κ2) is 11.1. The average Bonchev–Trinajstić information content (AvgIpc) is 2.71.